The average molecular weight is 253 g/mol. The van der Waals surface area contributed by atoms with Crippen LogP contribution in [-0.2, 0) is 6.54 Å². The van der Waals surface area contributed by atoms with Gasteiger partial charge in [-0.25, -0.2) is 0 Å². The Morgan fingerprint density at radius 2 is 1.89 bits per heavy atom. The highest BCUT2D eigenvalue weighted by molar-refractivity contribution is 5.52. The fourth-order valence-electron chi connectivity index (χ4n) is 2.40. The molecule has 1 aliphatic rings. The van der Waals surface area contributed by atoms with Crippen LogP contribution in [-0.4, -0.2) is 33.1 Å². The van der Waals surface area contributed by atoms with Crippen LogP contribution >= 0.6 is 0 Å². The monoisotopic (exact) mass is 253 g/mol. The summed E-state index contributed by atoms with van der Waals surface area (Å²) in [6, 6.07) is 2.90. The van der Waals surface area contributed by atoms with Gasteiger partial charge in [-0.3, -0.25) is 0 Å². The number of phenolic OH excluding ortho intramolecular Hbond substituents is 3. The van der Waals surface area contributed by atoms with Crippen LogP contribution in [0.4, 0.5) is 0 Å². The molecular formula is C13H19NO4. The van der Waals surface area contributed by atoms with Crippen LogP contribution in [0.3, 0.4) is 0 Å². The Morgan fingerprint density at radius 3 is 2.56 bits per heavy atom. The molecule has 1 aromatic rings. The van der Waals surface area contributed by atoms with Gasteiger partial charge >= 0.3 is 0 Å². The Labute approximate surface area is 106 Å². The lowest BCUT2D eigenvalue weighted by Crippen LogP contribution is -2.27. The Morgan fingerprint density at radius 1 is 1.11 bits per heavy atom. The predicted molar refractivity (Wildman–Crippen MR) is 66.5 cm³/mol. The summed E-state index contributed by atoms with van der Waals surface area (Å²) in [6.07, 6.45) is 2.69. The number of phenols is 3. The number of hydrogen-bond donors (Lipinski definition) is 5. The van der Waals surface area contributed by atoms with Gasteiger partial charge in [0.2, 0.25) is 5.75 Å². The third-order valence-electron chi connectivity index (χ3n) is 3.55. The van der Waals surface area contributed by atoms with Crippen LogP contribution in [0.15, 0.2) is 12.1 Å². The molecule has 0 saturated heterocycles. The molecule has 1 fully saturated rings. The highest BCUT2D eigenvalue weighted by atomic mass is 16.3. The molecule has 0 spiro atoms. The van der Waals surface area contributed by atoms with E-state index >= 15 is 0 Å². The standard InChI is InChI=1S/C13H19NO4/c15-10-3-1-2-8(10)6-14-7-9-4-5-11(16)13(18)12(9)17/h4-5,8,10,14-18H,1-3,6-7H2. The SMILES string of the molecule is Oc1ccc(CNCC2CCCC2O)c(O)c1O. The minimum atomic E-state index is -0.491. The molecule has 1 aromatic carbocycles. The summed E-state index contributed by atoms with van der Waals surface area (Å²) in [5, 5.41) is 41.0. The van der Waals surface area contributed by atoms with Gasteiger partial charge in [0.25, 0.3) is 0 Å². The smallest absolute Gasteiger partial charge is 0.200 e. The molecule has 2 atom stereocenters. The molecule has 5 heteroatoms. The molecule has 0 amide bonds. The van der Waals surface area contributed by atoms with E-state index in [0.717, 1.165) is 19.3 Å². The second kappa shape index (κ2) is 5.46. The Bertz CT molecular complexity index is 422. The number of nitrogens with one attached hydrogen (secondary N) is 1. The maximum Gasteiger partial charge on any atom is 0.200 e. The second-order valence-corrected chi connectivity index (χ2v) is 4.83. The first-order chi connectivity index (χ1) is 8.59. The van der Waals surface area contributed by atoms with Gasteiger partial charge in [0, 0.05) is 18.7 Å². The van der Waals surface area contributed by atoms with Gasteiger partial charge in [0.1, 0.15) is 0 Å². The zero-order valence-corrected chi connectivity index (χ0v) is 10.1. The number of aliphatic hydroxyl groups is 1. The van der Waals surface area contributed by atoms with Crippen LogP contribution in [0.25, 0.3) is 0 Å². The Kier molecular flexibility index (Phi) is 3.93. The zero-order valence-electron chi connectivity index (χ0n) is 10.1. The van der Waals surface area contributed by atoms with E-state index in [2.05, 4.69) is 5.32 Å². The third-order valence-corrected chi connectivity index (χ3v) is 3.55. The Hall–Kier alpha value is -1.46. The van der Waals surface area contributed by atoms with Crippen molar-refractivity contribution >= 4 is 0 Å². The van der Waals surface area contributed by atoms with Crippen molar-refractivity contribution in [1.29, 1.82) is 0 Å². The molecule has 0 bridgehead atoms. The quantitative estimate of drug-likeness (QED) is 0.517. The van der Waals surface area contributed by atoms with E-state index in [1.807, 2.05) is 0 Å². The first kappa shape index (κ1) is 13.0. The van der Waals surface area contributed by atoms with Crippen molar-refractivity contribution in [2.24, 2.45) is 5.92 Å². The lowest BCUT2D eigenvalue weighted by atomic mass is 10.1. The lowest BCUT2D eigenvalue weighted by molar-refractivity contribution is 0.131. The maximum absolute atomic E-state index is 9.66. The first-order valence-corrected chi connectivity index (χ1v) is 6.21. The summed E-state index contributed by atoms with van der Waals surface area (Å²) in [6.45, 7) is 1.07. The van der Waals surface area contributed by atoms with Crippen molar-refractivity contribution in [3.63, 3.8) is 0 Å². The van der Waals surface area contributed by atoms with Gasteiger partial charge < -0.3 is 25.7 Å². The maximum atomic E-state index is 9.66. The molecule has 1 saturated carbocycles. The second-order valence-electron chi connectivity index (χ2n) is 4.83. The molecule has 1 aliphatic carbocycles. The summed E-state index contributed by atoms with van der Waals surface area (Å²) in [5.74, 6) is -0.856. The lowest BCUT2D eigenvalue weighted by Gasteiger charge is -2.15. The summed E-state index contributed by atoms with van der Waals surface area (Å²) in [7, 11) is 0. The van der Waals surface area contributed by atoms with E-state index in [-0.39, 0.29) is 23.5 Å². The van der Waals surface area contributed by atoms with Crippen molar-refractivity contribution in [2.75, 3.05) is 6.54 Å². The average Bonchev–Trinajstić information content (AvgIpc) is 2.75. The van der Waals surface area contributed by atoms with E-state index in [1.165, 1.54) is 6.07 Å². The zero-order chi connectivity index (χ0) is 13.1. The van der Waals surface area contributed by atoms with Gasteiger partial charge in [-0.15, -0.1) is 0 Å². The van der Waals surface area contributed by atoms with E-state index < -0.39 is 5.75 Å². The highest BCUT2D eigenvalue weighted by Crippen LogP contribution is 2.36. The van der Waals surface area contributed by atoms with E-state index in [9.17, 15) is 20.4 Å². The molecule has 0 aliphatic heterocycles. The molecule has 2 unspecified atom stereocenters. The van der Waals surface area contributed by atoms with Crippen molar-refractivity contribution in [2.45, 2.75) is 31.9 Å². The fourth-order valence-corrected chi connectivity index (χ4v) is 2.40. The topological polar surface area (TPSA) is 93.0 Å². The van der Waals surface area contributed by atoms with Gasteiger partial charge in [0.05, 0.1) is 6.10 Å². The minimum Gasteiger partial charge on any atom is -0.504 e. The summed E-state index contributed by atoms with van der Waals surface area (Å²) >= 11 is 0. The van der Waals surface area contributed by atoms with Gasteiger partial charge in [0.15, 0.2) is 11.5 Å². The number of hydrogen-bond acceptors (Lipinski definition) is 5. The summed E-state index contributed by atoms with van der Waals surface area (Å²) < 4.78 is 0. The van der Waals surface area contributed by atoms with Gasteiger partial charge in [-0.05, 0) is 24.8 Å². The minimum absolute atomic E-state index is 0.237. The van der Waals surface area contributed by atoms with Crippen molar-refractivity contribution < 1.29 is 20.4 Å². The normalized spacial score (nSPS) is 23.4. The summed E-state index contributed by atoms with van der Waals surface area (Å²) in [4.78, 5) is 0. The van der Waals surface area contributed by atoms with Crippen LogP contribution < -0.4 is 5.32 Å². The van der Waals surface area contributed by atoms with Gasteiger partial charge in [-0.2, -0.15) is 0 Å². The van der Waals surface area contributed by atoms with Crippen LogP contribution in [0.1, 0.15) is 24.8 Å². The van der Waals surface area contributed by atoms with E-state index in [4.69, 9.17) is 0 Å². The van der Waals surface area contributed by atoms with Crippen LogP contribution in [0, 0.1) is 5.92 Å². The molecule has 0 heterocycles. The van der Waals surface area contributed by atoms with E-state index in [1.54, 1.807) is 6.07 Å². The summed E-state index contributed by atoms with van der Waals surface area (Å²) in [5.41, 5.74) is 0.526. The number of aliphatic hydroxyl groups excluding tert-OH is 1. The van der Waals surface area contributed by atoms with Crippen molar-refractivity contribution in [3.05, 3.63) is 17.7 Å². The molecule has 5 nitrogen and oxygen atoms in total. The molecule has 5 N–H and O–H groups in total. The molecule has 2 rings (SSSR count). The third kappa shape index (κ3) is 2.68. The van der Waals surface area contributed by atoms with Crippen molar-refractivity contribution in [1.82, 2.24) is 5.32 Å². The Balaban J connectivity index is 1.89. The van der Waals surface area contributed by atoms with Gasteiger partial charge in [-0.1, -0.05) is 12.5 Å². The molecular weight excluding hydrogens is 234 g/mol. The fraction of sp³-hybridized carbons (Fsp3) is 0.538. The molecule has 0 aromatic heterocycles. The molecule has 18 heavy (non-hydrogen) atoms. The predicted octanol–water partition coefficient (Wildman–Crippen LogP) is 1.05. The van der Waals surface area contributed by atoms with Crippen molar-refractivity contribution in [3.8, 4) is 17.2 Å². The number of aromatic hydroxyl groups is 3. The largest absolute Gasteiger partial charge is 0.504 e. The number of rotatable bonds is 4. The first-order valence-electron chi connectivity index (χ1n) is 6.21. The highest BCUT2D eigenvalue weighted by Gasteiger charge is 2.24. The van der Waals surface area contributed by atoms with Crippen LogP contribution in [0.2, 0.25) is 0 Å². The van der Waals surface area contributed by atoms with Crippen LogP contribution in [0.5, 0.6) is 17.2 Å². The number of benzene rings is 1. The molecule has 100 valence electrons. The molecule has 0 radical (unpaired) electrons. The van der Waals surface area contributed by atoms with E-state index in [0.29, 0.717) is 18.7 Å².